The van der Waals surface area contributed by atoms with Gasteiger partial charge in [0.1, 0.15) is 5.66 Å². The van der Waals surface area contributed by atoms with Crippen molar-refractivity contribution in [2.24, 2.45) is 0 Å². The van der Waals surface area contributed by atoms with Crippen molar-refractivity contribution in [2.75, 3.05) is 6.54 Å². The smallest absolute Gasteiger partial charge is 0.123 e. The van der Waals surface area contributed by atoms with E-state index in [-0.39, 0.29) is 5.66 Å². The van der Waals surface area contributed by atoms with Gasteiger partial charge >= 0.3 is 0 Å². The molecule has 1 heterocycles. The first kappa shape index (κ1) is 22.2. The second-order valence-electron chi connectivity index (χ2n) is 8.87. The van der Waals surface area contributed by atoms with Crippen LogP contribution in [0.4, 0.5) is 0 Å². The van der Waals surface area contributed by atoms with Gasteiger partial charge in [-0.3, -0.25) is 0 Å². The molecule has 0 radical (unpaired) electrons. The van der Waals surface area contributed by atoms with Crippen molar-refractivity contribution in [3.63, 3.8) is 0 Å². The third-order valence-electron chi connectivity index (χ3n) is 6.84. The Labute approximate surface area is 194 Å². The SMILES string of the molecule is CCCCN1C=CN(Cc2ccccc2)C1(Cc1ccccc1)C(CC)c1ccccc1. The molecule has 3 aromatic carbocycles. The number of unbranched alkanes of at least 4 members (excludes halogenated alkanes) is 1. The van der Waals surface area contributed by atoms with Crippen LogP contribution in [0, 0.1) is 0 Å². The highest BCUT2D eigenvalue weighted by molar-refractivity contribution is 5.31. The normalized spacial score (nSPS) is 18.8. The van der Waals surface area contributed by atoms with Crippen molar-refractivity contribution in [3.05, 3.63) is 120 Å². The quantitative estimate of drug-likeness (QED) is 0.339. The van der Waals surface area contributed by atoms with E-state index in [1.54, 1.807) is 0 Å². The van der Waals surface area contributed by atoms with E-state index in [2.05, 4.69) is 127 Å². The van der Waals surface area contributed by atoms with Crippen LogP contribution in [-0.2, 0) is 13.0 Å². The number of hydrogen-bond acceptors (Lipinski definition) is 2. The van der Waals surface area contributed by atoms with Crippen LogP contribution in [0.3, 0.4) is 0 Å². The first-order valence-electron chi connectivity index (χ1n) is 12.1. The average Bonchev–Trinajstić information content (AvgIpc) is 3.17. The predicted molar refractivity (Wildman–Crippen MR) is 135 cm³/mol. The van der Waals surface area contributed by atoms with Crippen molar-refractivity contribution < 1.29 is 0 Å². The summed E-state index contributed by atoms with van der Waals surface area (Å²) in [5.74, 6) is 0.388. The van der Waals surface area contributed by atoms with E-state index in [0.29, 0.717) is 5.92 Å². The van der Waals surface area contributed by atoms with Crippen molar-refractivity contribution in [2.45, 2.75) is 57.7 Å². The highest BCUT2D eigenvalue weighted by Crippen LogP contribution is 2.45. The molecule has 2 heteroatoms. The lowest BCUT2D eigenvalue weighted by Crippen LogP contribution is -2.58. The summed E-state index contributed by atoms with van der Waals surface area (Å²) >= 11 is 0. The van der Waals surface area contributed by atoms with Gasteiger partial charge in [-0.15, -0.1) is 0 Å². The molecule has 2 atom stereocenters. The molecule has 0 saturated heterocycles. The Kier molecular flexibility index (Phi) is 7.32. The van der Waals surface area contributed by atoms with Gasteiger partial charge in [0.25, 0.3) is 0 Å². The number of benzene rings is 3. The summed E-state index contributed by atoms with van der Waals surface area (Å²) in [4.78, 5) is 5.26. The number of nitrogens with zero attached hydrogens (tertiary/aromatic N) is 2. The number of rotatable bonds is 10. The van der Waals surface area contributed by atoms with Gasteiger partial charge in [0.05, 0.1) is 0 Å². The minimum atomic E-state index is -0.136. The molecule has 32 heavy (non-hydrogen) atoms. The molecule has 2 nitrogen and oxygen atoms in total. The maximum absolute atomic E-state index is 2.65. The molecular weight excluding hydrogens is 388 g/mol. The Bertz CT molecular complexity index is 967. The van der Waals surface area contributed by atoms with Crippen LogP contribution in [0.2, 0.25) is 0 Å². The zero-order valence-corrected chi connectivity index (χ0v) is 19.5. The van der Waals surface area contributed by atoms with Gasteiger partial charge < -0.3 is 9.80 Å². The summed E-state index contributed by atoms with van der Waals surface area (Å²) in [6, 6.07) is 33.1. The second-order valence-corrected chi connectivity index (χ2v) is 8.87. The maximum atomic E-state index is 2.65. The summed E-state index contributed by atoms with van der Waals surface area (Å²) in [7, 11) is 0. The van der Waals surface area contributed by atoms with E-state index >= 15 is 0 Å². The summed E-state index contributed by atoms with van der Waals surface area (Å²) in [6.07, 6.45) is 9.18. The zero-order valence-electron chi connectivity index (χ0n) is 19.5. The molecule has 2 unspecified atom stereocenters. The van der Waals surface area contributed by atoms with E-state index in [4.69, 9.17) is 0 Å². The average molecular weight is 425 g/mol. The summed E-state index contributed by atoms with van der Waals surface area (Å²) < 4.78 is 0. The Hall–Kier alpha value is -3.00. The van der Waals surface area contributed by atoms with E-state index in [0.717, 1.165) is 25.9 Å². The van der Waals surface area contributed by atoms with Crippen LogP contribution >= 0.6 is 0 Å². The van der Waals surface area contributed by atoms with Crippen LogP contribution in [-0.4, -0.2) is 22.0 Å². The van der Waals surface area contributed by atoms with E-state index in [1.807, 2.05) is 0 Å². The fourth-order valence-electron chi connectivity index (χ4n) is 5.29. The molecule has 0 N–H and O–H groups in total. The lowest BCUT2D eigenvalue weighted by molar-refractivity contribution is -0.00745. The van der Waals surface area contributed by atoms with Crippen LogP contribution in [0.15, 0.2) is 103 Å². The van der Waals surface area contributed by atoms with Crippen molar-refractivity contribution in [1.82, 2.24) is 9.80 Å². The standard InChI is InChI=1S/C30H36N2/c1-3-5-21-31-22-23-32(25-27-17-11-7-12-18-27)30(31,24-26-15-9-6-10-16-26)29(4-2)28-19-13-8-14-20-28/h6-20,22-23,29H,3-5,21,24-25H2,1-2H3. The third kappa shape index (κ3) is 4.60. The lowest BCUT2D eigenvalue weighted by Gasteiger charge is -2.51. The minimum absolute atomic E-state index is 0.136. The van der Waals surface area contributed by atoms with Gasteiger partial charge in [-0.1, -0.05) is 111 Å². The summed E-state index contributed by atoms with van der Waals surface area (Å²) in [6.45, 7) is 6.63. The molecule has 4 rings (SSSR count). The summed E-state index contributed by atoms with van der Waals surface area (Å²) in [5.41, 5.74) is 4.04. The minimum Gasteiger partial charge on any atom is -0.353 e. The molecule has 0 bridgehead atoms. The van der Waals surface area contributed by atoms with Crippen LogP contribution in [0.25, 0.3) is 0 Å². The molecule has 1 aliphatic heterocycles. The van der Waals surface area contributed by atoms with Gasteiger partial charge in [0.2, 0.25) is 0 Å². The molecular formula is C30H36N2. The Balaban J connectivity index is 1.82. The van der Waals surface area contributed by atoms with Gasteiger partial charge in [0.15, 0.2) is 0 Å². The van der Waals surface area contributed by atoms with Gasteiger partial charge in [0, 0.05) is 37.8 Å². The van der Waals surface area contributed by atoms with Crippen LogP contribution < -0.4 is 0 Å². The zero-order chi connectivity index (χ0) is 22.2. The molecule has 0 aliphatic carbocycles. The monoisotopic (exact) mass is 424 g/mol. The largest absolute Gasteiger partial charge is 0.353 e. The van der Waals surface area contributed by atoms with E-state index in [9.17, 15) is 0 Å². The Morgan fingerprint density at radius 1 is 0.688 bits per heavy atom. The fourth-order valence-corrected chi connectivity index (χ4v) is 5.29. The fraction of sp³-hybridized carbons (Fsp3) is 0.333. The third-order valence-corrected chi connectivity index (χ3v) is 6.84. The first-order chi connectivity index (χ1) is 15.8. The van der Waals surface area contributed by atoms with Crippen molar-refractivity contribution >= 4 is 0 Å². The Morgan fingerprint density at radius 3 is 1.84 bits per heavy atom. The topological polar surface area (TPSA) is 6.48 Å². The Morgan fingerprint density at radius 2 is 1.25 bits per heavy atom. The molecule has 3 aromatic rings. The van der Waals surface area contributed by atoms with Gasteiger partial charge in [-0.2, -0.15) is 0 Å². The molecule has 0 aromatic heterocycles. The highest BCUT2D eigenvalue weighted by atomic mass is 15.4. The summed E-state index contributed by atoms with van der Waals surface area (Å²) in [5, 5.41) is 0. The van der Waals surface area contributed by atoms with Crippen LogP contribution in [0.1, 0.15) is 55.7 Å². The number of hydrogen-bond donors (Lipinski definition) is 0. The molecule has 0 spiro atoms. The molecule has 0 saturated carbocycles. The first-order valence-corrected chi connectivity index (χ1v) is 12.1. The highest BCUT2D eigenvalue weighted by Gasteiger charge is 2.49. The van der Waals surface area contributed by atoms with E-state index < -0.39 is 0 Å². The van der Waals surface area contributed by atoms with Crippen molar-refractivity contribution in [3.8, 4) is 0 Å². The van der Waals surface area contributed by atoms with Gasteiger partial charge in [-0.05, 0) is 29.5 Å². The van der Waals surface area contributed by atoms with E-state index in [1.165, 1.54) is 29.5 Å². The molecule has 0 amide bonds. The predicted octanol–water partition coefficient (Wildman–Crippen LogP) is 7.21. The lowest BCUT2D eigenvalue weighted by atomic mass is 9.78. The van der Waals surface area contributed by atoms with Gasteiger partial charge in [-0.25, -0.2) is 0 Å². The van der Waals surface area contributed by atoms with Crippen LogP contribution in [0.5, 0.6) is 0 Å². The molecule has 1 aliphatic rings. The second kappa shape index (κ2) is 10.5. The molecule has 166 valence electrons. The van der Waals surface area contributed by atoms with Crippen molar-refractivity contribution in [1.29, 1.82) is 0 Å². The molecule has 0 fully saturated rings. The maximum Gasteiger partial charge on any atom is 0.123 e.